The molecule has 0 aliphatic carbocycles. The highest BCUT2D eigenvalue weighted by atomic mass is 16.6. The first-order valence-corrected chi connectivity index (χ1v) is 12.2. The van der Waals surface area contributed by atoms with E-state index in [1.807, 2.05) is 46.8 Å². The van der Waals surface area contributed by atoms with Crippen LogP contribution in [0, 0.1) is 13.8 Å². The van der Waals surface area contributed by atoms with Gasteiger partial charge in [-0.05, 0) is 52.8 Å². The van der Waals surface area contributed by atoms with E-state index in [0.29, 0.717) is 54.3 Å². The molecule has 1 amide bonds. The van der Waals surface area contributed by atoms with Crippen molar-refractivity contribution in [3.8, 4) is 5.75 Å². The van der Waals surface area contributed by atoms with E-state index < -0.39 is 17.8 Å². The Morgan fingerprint density at radius 1 is 1.19 bits per heavy atom. The summed E-state index contributed by atoms with van der Waals surface area (Å²) in [5.74, 6) is 0.707. The zero-order valence-electron chi connectivity index (χ0n) is 22.2. The number of anilines is 2. The summed E-state index contributed by atoms with van der Waals surface area (Å²) in [5.41, 5.74) is 3.43. The first kappa shape index (κ1) is 26.3. The number of aromatic nitrogens is 2. The van der Waals surface area contributed by atoms with Gasteiger partial charge in [-0.25, -0.2) is 9.59 Å². The zero-order valence-corrected chi connectivity index (χ0v) is 22.2. The van der Waals surface area contributed by atoms with Crippen LogP contribution in [0.3, 0.4) is 0 Å². The molecule has 0 atom stereocenters. The summed E-state index contributed by atoms with van der Waals surface area (Å²) in [6.07, 6.45) is 1.54. The lowest BCUT2D eigenvalue weighted by Gasteiger charge is -2.32. The standard InChI is InChI=1S/C27H34N4O6/c1-17-15-28-21(18(2)24(17)35-6)16-31(26(34)37-27(3,4)5)23-14-19(29-9-11-36-12-10-29)13-22-20(23)7-8-30(22)25(32)33/h7-8,13-15H,9-12,16H2,1-6H3,(H,32,33). The average molecular weight is 511 g/mol. The second kappa shape index (κ2) is 10.3. The van der Waals surface area contributed by atoms with Crippen LogP contribution < -0.4 is 14.5 Å². The van der Waals surface area contributed by atoms with E-state index in [4.69, 9.17) is 14.2 Å². The molecule has 10 nitrogen and oxygen atoms in total. The fourth-order valence-electron chi connectivity index (χ4n) is 4.55. The summed E-state index contributed by atoms with van der Waals surface area (Å²) >= 11 is 0. The Labute approximate surface area is 216 Å². The van der Waals surface area contributed by atoms with Crippen LogP contribution in [-0.2, 0) is 16.0 Å². The molecule has 1 aliphatic rings. The van der Waals surface area contributed by atoms with E-state index in [-0.39, 0.29) is 6.54 Å². The predicted molar refractivity (Wildman–Crippen MR) is 141 cm³/mol. The molecule has 3 heterocycles. The number of pyridine rings is 1. The van der Waals surface area contributed by atoms with Crippen LogP contribution in [0.25, 0.3) is 10.9 Å². The number of aryl methyl sites for hydroxylation is 1. The molecule has 10 heteroatoms. The van der Waals surface area contributed by atoms with Gasteiger partial charge in [0.25, 0.3) is 0 Å². The van der Waals surface area contributed by atoms with Gasteiger partial charge in [-0.3, -0.25) is 14.5 Å². The lowest BCUT2D eigenvalue weighted by Crippen LogP contribution is -2.38. The molecule has 0 spiro atoms. The van der Waals surface area contributed by atoms with Gasteiger partial charge >= 0.3 is 12.2 Å². The van der Waals surface area contributed by atoms with Crippen molar-refractivity contribution in [3.63, 3.8) is 0 Å². The monoisotopic (exact) mass is 510 g/mol. The van der Waals surface area contributed by atoms with Gasteiger partial charge in [0.2, 0.25) is 0 Å². The third-order valence-electron chi connectivity index (χ3n) is 6.32. The highest BCUT2D eigenvalue weighted by Gasteiger charge is 2.28. The number of benzene rings is 1. The van der Waals surface area contributed by atoms with Gasteiger partial charge in [0.15, 0.2) is 0 Å². The number of hydrogen-bond donors (Lipinski definition) is 1. The van der Waals surface area contributed by atoms with Crippen molar-refractivity contribution in [1.82, 2.24) is 9.55 Å². The van der Waals surface area contributed by atoms with Crippen molar-refractivity contribution < 1.29 is 28.9 Å². The summed E-state index contributed by atoms with van der Waals surface area (Å²) < 4.78 is 18.1. The maximum absolute atomic E-state index is 13.7. The Morgan fingerprint density at radius 2 is 1.89 bits per heavy atom. The van der Waals surface area contributed by atoms with Gasteiger partial charge in [0.05, 0.1) is 43.8 Å². The number of carbonyl (C=O) groups excluding carboxylic acids is 1. The molecule has 4 rings (SSSR count). The minimum atomic E-state index is -1.11. The van der Waals surface area contributed by atoms with Crippen LogP contribution >= 0.6 is 0 Å². The van der Waals surface area contributed by atoms with Crippen molar-refractivity contribution in [2.45, 2.75) is 46.8 Å². The lowest BCUT2D eigenvalue weighted by atomic mass is 10.1. The maximum atomic E-state index is 13.7. The lowest BCUT2D eigenvalue weighted by molar-refractivity contribution is 0.0577. The predicted octanol–water partition coefficient (Wildman–Crippen LogP) is 4.97. The second-order valence-corrected chi connectivity index (χ2v) is 10.1. The van der Waals surface area contributed by atoms with Crippen molar-refractivity contribution >= 4 is 34.5 Å². The van der Waals surface area contributed by atoms with Gasteiger partial charge in [-0.2, -0.15) is 0 Å². The Balaban J connectivity index is 1.91. The van der Waals surface area contributed by atoms with Gasteiger partial charge in [-0.1, -0.05) is 0 Å². The van der Waals surface area contributed by atoms with Crippen molar-refractivity contribution in [2.24, 2.45) is 0 Å². The minimum Gasteiger partial charge on any atom is -0.496 e. The van der Waals surface area contributed by atoms with Gasteiger partial charge in [-0.15, -0.1) is 0 Å². The summed E-state index contributed by atoms with van der Waals surface area (Å²) in [6, 6.07) is 5.45. The van der Waals surface area contributed by atoms with Crippen LogP contribution in [0.1, 0.15) is 37.6 Å². The van der Waals surface area contributed by atoms with E-state index in [1.54, 1.807) is 19.4 Å². The van der Waals surface area contributed by atoms with Crippen LogP contribution in [0.15, 0.2) is 30.6 Å². The highest BCUT2D eigenvalue weighted by Crippen LogP contribution is 2.36. The molecular formula is C27H34N4O6. The minimum absolute atomic E-state index is 0.108. The SMILES string of the molecule is COc1c(C)cnc(CN(C(=O)OC(C)(C)C)c2cc(N3CCOCC3)cc3c2ccn3C(=O)O)c1C. The normalized spacial score (nSPS) is 14.1. The molecule has 3 aromatic rings. The molecular weight excluding hydrogens is 476 g/mol. The highest BCUT2D eigenvalue weighted by molar-refractivity contribution is 6.05. The van der Waals surface area contributed by atoms with E-state index >= 15 is 0 Å². The number of morpholine rings is 1. The number of hydrogen-bond acceptors (Lipinski definition) is 7. The Hall–Kier alpha value is -3.79. The molecule has 1 aliphatic heterocycles. The molecule has 1 saturated heterocycles. The fourth-order valence-corrected chi connectivity index (χ4v) is 4.55. The number of nitrogens with zero attached hydrogens (tertiary/aromatic N) is 4. The van der Waals surface area contributed by atoms with E-state index in [1.165, 1.54) is 11.1 Å². The number of ether oxygens (including phenoxy) is 3. The molecule has 1 fully saturated rings. The average Bonchev–Trinajstić information content (AvgIpc) is 3.27. The Kier molecular flexibility index (Phi) is 7.31. The third kappa shape index (κ3) is 5.48. The molecule has 0 saturated carbocycles. The van der Waals surface area contributed by atoms with Crippen LogP contribution in [-0.4, -0.2) is 65.9 Å². The third-order valence-corrected chi connectivity index (χ3v) is 6.32. The number of carboxylic acid groups (broad SMARTS) is 1. The van der Waals surface area contributed by atoms with Crippen molar-refractivity contribution in [1.29, 1.82) is 0 Å². The van der Waals surface area contributed by atoms with Crippen molar-refractivity contribution in [3.05, 3.63) is 47.4 Å². The molecule has 198 valence electrons. The van der Waals surface area contributed by atoms with Gasteiger partial charge in [0.1, 0.15) is 11.4 Å². The second-order valence-electron chi connectivity index (χ2n) is 10.1. The van der Waals surface area contributed by atoms with Crippen LogP contribution in [0.5, 0.6) is 5.75 Å². The number of amides is 1. The van der Waals surface area contributed by atoms with E-state index in [9.17, 15) is 14.7 Å². The first-order valence-electron chi connectivity index (χ1n) is 12.2. The molecule has 2 aromatic heterocycles. The topological polar surface area (TPSA) is 106 Å². The summed E-state index contributed by atoms with van der Waals surface area (Å²) in [6.45, 7) is 11.8. The van der Waals surface area contributed by atoms with Crippen molar-refractivity contribution in [2.75, 3.05) is 43.2 Å². The summed E-state index contributed by atoms with van der Waals surface area (Å²) in [5, 5.41) is 10.4. The Morgan fingerprint density at radius 3 is 2.51 bits per heavy atom. The Bertz CT molecular complexity index is 1320. The molecule has 37 heavy (non-hydrogen) atoms. The number of rotatable bonds is 5. The number of carbonyl (C=O) groups is 2. The quantitative estimate of drug-likeness (QED) is 0.513. The largest absolute Gasteiger partial charge is 0.496 e. The summed E-state index contributed by atoms with van der Waals surface area (Å²) in [7, 11) is 1.61. The van der Waals surface area contributed by atoms with E-state index in [0.717, 1.165) is 21.4 Å². The molecule has 0 radical (unpaired) electrons. The van der Waals surface area contributed by atoms with Crippen LogP contribution in [0.2, 0.25) is 0 Å². The molecule has 0 bridgehead atoms. The molecule has 1 N–H and O–H groups in total. The van der Waals surface area contributed by atoms with E-state index in [2.05, 4.69) is 9.88 Å². The molecule has 1 aromatic carbocycles. The smallest absolute Gasteiger partial charge is 0.416 e. The van der Waals surface area contributed by atoms with Gasteiger partial charge < -0.3 is 24.2 Å². The fraction of sp³-hybridized carbons (Fsp3) is 0.444. The number of fused-ring (bicyclic) bond motifs is 1. The number of methoxy groups -OCH3 is 1. The molecule has 0 unspecified atom stereocenters. The summed E-state index contributed by atoms with van der Waals surface area (Å²) in [4.78, 5) is 33.9. The zero-order chi connectivity index (χ0) is 26.9. The van der Waals surface area contributed by atoms with Gasteiger partial charge in [0, 0.05) is 47.7 Å². The van der Waals surface area contributed by atoms with Crippen LogP contribution in [0.4, 0.5) is 21.0 Å². The maximum Gasteiger partial charge on any atom is 0.416 e. The first-order chi connectivity index (χ1) is 17.5.